The Labute approximate surface area is 193 Å². The highest BCUT2D eigenvalue weighted by molar-refractivity contribution is 8.00. The molecule has 0 saturated carbocycles. The van der Waals surface area contributed by atoms with E-state index in [-0.39, 0.29) is 11.5 Å². The number of nitrogens with zero attached hydrogens (tertiary/aromatic N) is 3. The highest BCUT2D eigenvalue weighted by Crippen LogP contribution is 2.27. The Morgan fingerprint density at radius 1 is 1.12 bits per heavy atom. The number of rotatable bonds is 5. The van der Waals surface area contributed by atoms with Crippen molar-refractivity contribution >= 4 is 45.9 Å². The van der Waals surface area contributed by atoms with Crippen LogP contribution in [0.5, 0.6) is 0 Å². The molecule has 8 heteroatoms. The van der Waals surface area contributed by atoms with Gasteiger partial charge in [0.15, 0.2) is 5.16 Å². The number of hydrogen-bond donors (Lipinski definition) is 1. The first-order valence-electron chi connectivity index (χ1n) is 9.71. The number of para-hydroxylation sites is 1. The number of carbonyl (C=O) groups is 1. The molecule has 4 aromatic rings. The zero-order valence-corrected chi connectivity index (χ0v) is 18.5. The molecule has 0 aliphatic heterocycles. The third-order valence-corrected chi connectivity index (χ3v) is 6.03. The fourth-order valence-electron chi connectivity index (χ4n) is 3.12. The summed E-state index contributed by atoms with van der Waals surface area (Å²) < 4.78 is 1.48. The number of nitriles is 1. The van der Waals surface area contributed by atoms with Gasteiger partial charge in [-0.05, 0) is 61.5 Å². The molecule has 1 atom stereocenters. The highest BCUT2D eigenvalue weighted by Gasteiger charge is 2.20. The largest absolute Gasteiger partial charge is 0.325 e. The first-order valence-corrected chi connectivity index (χ1v) is 11.0. The Morgan fingerprint density at radius 2 is 1.88 bits per heavy atom. The molecule has 1 N–H and O–H groups in total. The molecule has 0 saturated heterocycles. The Morgan fingerprint density at radius 3 is 2.59 bits per heavy atom. The monoisotopic (exact) mass is 460 g/mol. The Bertz CT molecular complexity index is 1410. The van der Waals surface area contributed by atoms with Crippen LogP contribution < -0.4 is 10.9 Å². The molecule has 1 aromatic heterocycles. The van der Waals surface area contributed by atoms with Gasteiger partial charge in [-0.2, -0.15) is 5.26 Å². The van der Waals surface area contributed by atoms with Gasteiger partial charge in [0, 0.05) is 10.7 Å². The average Bonchev–Trinajstić information content (AvgIpc) is 2.79. The van der Waals surface area contributed by atoms with Gasteiger partial charge in [0.05, 0.1) is 33.5 Å². The molecule has 158 valence electrons. The second kappa shape index (κ2) is 9.27. The maximum atomic E-state index is 13.3. The lowest BCUT2D eigenvalue weighted by molar-refractivity contribution is -0.115. The molecule has 0 fully saturated rings. The number of anilines is 1. The minimum absolute atomic E-state index is 0.236. The summed E-state index contributed by atoms with van der Waals surface area (Å²) in [6.45, 7) is 1.74. The zero-order chi connectivity index (χ0) is 22.7. The van der Waals surface area contributed by atoms with E-state index in [4.69, 9.17) is 16.9 Å². The molecule has 1 heterocycles. The molecular formula is C24H17ClN4O2S. The number of thioether (sulfide) groups is 1. The van der Waals surface area contributed by atoms with Crippen molar-refractivity contribution in [2.45, 2.75) is 17.3 Å². The molecule has 0 radical (unpaired) electrons. The lowest BCUT2D eigenvalue weighted by Gasteiger charge is -2.16. The van der Waals surface area contributed by atoms with Crippen molar-refractivity contribution < 1.29 is 4.79 Å². The lowest BCUT2D eigenvalue weighted by atomic mass is 10.2. The number of carbonyl (C=O) groups excluding carboxylic acids is 1. The summed E-state index contributed by atoms with van der Waals surface area (Å²) in [5, 5.41) is 12.5. The summed E-state index contributed by atoms with van der Waals surface area (Å²) >= 11 is 7.34. The van der Waals surface area contributed by atoms with Crippen LogP contribution in [0.4, 0.5) is 5.69 Å². The van der Waals surface area contributed by atoms with E-state index in [1.807, 2.05) is 12.1 Å². The van der Waals surface area contributed by atoms with E-state index < -0.39 is 5.25 Å². The van der Waals surface area contributed by atoms with Gasteiger partial charge in [-0.25, -0.2) is 4.98 Å². The predicted octanol–water partition coefficient (Wildman–Crippen LogP) is 5.03. The minimum atomic E-state index is -0.552. The molecule has 6 nitrogen and oxygen atoms in total. The molecule has 0 aliphatic rings. The molecule has 0 spiro atoms. The average molecular weight is 461 g/mol. The van der Waals surface area contributed by atoms with Crippen LogP contribution in [0.15, 0.2) is 82.7 Å². The summed E-state index contributed by atoms with van der Waals surface area (Å²) in [4.78, 5) is 30.8. The number of nitrogens with one attached hydrogen (secondary N) is 1. The maximum Gasteiger partial charge on any atom is 0.266 e. The van der Waals surface area contributed by atoms with Crippen molar-refractivity contribution in [2.75, 3.05) is 5.32 Å². The minimum Gasteiger partial charge on any atom is -0.325 e. The molecule has 0 aliphatic carbocycles. The summed E-state index contributed by atoms with van der Waals surface area (Å²) in [6, 6.07) is 22.7. The highest BCUT2D eigenvalue weighted by atomic mass is 35.5. The van der Waals surface area contributed by atoms with Crippen molar-refractivity contribution in [3.05, 3.63) is 93.7 Å². The SMILES string of the molecule is C[C@H](Sc1nc2ccccc2c(=O)n1-c1cccc(Cl)c1)C(=O)Nc1ccc(C#N)cc1. The van der Waals surface area contributed by atoms with Crippen LogP contribution in [-0.4, -0.2) is 20.7 Å². The zero-order valence-electron chi connectivity index (χ0n) is 16.9. The Kier molecular flexibility index (Phi) is 6.26. The van der Waals surface area contributed by atoms with Gasteiger partial charge in [0.1, 0.15) is 0 Å². The normalized spacial score (nSPS) is 11.7. The van der Waals surface area contributed by atoms with E-state index in [1.54, 1.807) is 73.7 Å². The second-order valence-electron chi connectivity index (χ2n) is 6.97. The predicted molar refractivity (Wildman–Crippen MR) is 127 cm³/mol. The van der Waals surface area contributed by atoms with Crippen LogP contribution in [0.1, 0.15) is 12.5 Å². The fraction of sp³-hybridized carbons (Fsp3) is 0.0833. The van der Waals surface area contributed by atoms with Gasteiger partial charge in [-0.15, -0.1) is 0 Å². The van der Waals surface area contributed by atoms with Crippen molar-refractivity contribution in [1.29, 1.82) is 5.26 Å². The summed E-state index contributed by atoms with van der Waals surface area (Å²) in [5.74, 6) is -0.250. The van der Waals surface area contributed by atoms with E-state index >= 15 is 0 Å². The van der Waals surface area contributed by atoms with Crippen LogP contribution in [0.3, 0.4) is 0 Å². The van der Waals surface area contributed by atoms with Gasteiger partial charge in [-0.1, -0.05) is 41.6 Å². The van der Waals surface area contributed by atoms with Crippen LogP contribution >= 0.6 is 23.4 Å². The number of fused-ring (bicyclic) bond motifs is 1. The van der Waals surface area contributed by atoms with Crippen LogP contribution in [0, 0.1) is 11.3 Å². The molecular weight excluding hydrogens is 444 g/mol. The van der Waals surface area contributed by atoms with Gasteiger partial charge in [-0.3, -0.25) is 14.2 Å². The number of amides is 1. The van der Waals surface area contributed by atoms with Gasteiger partial charge < -0.3 is 5.32 Å². The summed E-state index contributed by atoms with van der Waals surface area (Å²) in [5.41, 5.74) is 1.98. The molecule has 0 unspecified atom stereocenters. The smallest absolute Gasteiger partial charge is 0.266 e. The van der Waals surface area contributed by atoms with Crippen LogP contribution in [0.25, 0.3) is 16.6 Å². The topological polar surface area (TPSA) is 87.8 Å². The Balaban J connectivity index is 1.69. The number of hydrogen-bond acceptors (Lipinski definition) is 5. The third-order valence-electron chi connectivity index (χ3n) is 4.74. The molecule has 0 bridgehead atoms. The number of benzene rings is 3. The van der Waals surface area contributed by atoms with Crippen LogP contribution in [0.2, 0.25) is 5.02 Å². The second-order valence-corrected chi connectivity index (χ2v) is 8.71. The van der Waals surface area contributed by atoms with E-state index in [9.17, 15) is 9.59 Å². The molecule has 3 aromatic carbocycles. The van der Waals surface area contributed by atoms with Crippen molar-refractivity contribution in [3.63, 3.8) is 0 Å². The van der Waals surface area contributed by atoms with Crippen molar-refractivity contribution in [2.24, 2.45) is 0 Å². The number of aromatic nitrogens is 2. The maximum absolute atomic E-state index is 13.3. The third kappa shape index (κ3) is 4.52. The summed E-state index contributed by atoms with van der Waals surface area (Å²) in [7, 11) is 0. The standard InChI is InChI=1S/C24H17ClN4O2S/c1-15(22(30)27-18-11-9-16(14-26)10-12-18)32-24-28-21-8-3-2-7-20(21)23(31)29(24)19-6-4-5-17(25)13-19/h2-13,15H,1H3,(H,27,30)/t15-/m0/s1. The van der Waals surface area contributed by atoms with Crippen LogP contribution in [-0.2, 0) is 4.79 Å². The fourth-order valence-corrected chi connectivity index (χ4v) is 4.23. The van der Waals surface area contributed by atoms with Gasteiger partial charge in [0.25, 0.3) is 5.56 Å². The number of halogens is 1. The Hall–Kier alpha value is -3.60. The van der Waals surface area contributed by atoms with Crippen molar-refractivity contribution in [1.82, 2.24) is 9.55 Å². The molecule has 32 heavy (non-hydrogen) atoms. The summed E-state index contributed by atoms with van der Waals surface area (Å²) in [6.07, 6.45) is 0. The van der Waals surface area contributed by atoms with E-state index in [0.29, 0.717) is 38.0 Å². The molecule has 4 rings (SSSR count). The van der Waals surface area contributed by atoms with Gasteiger partial charge >= 0.3 is 0 Å². The lowest BCUT2D eigenvalue weighted by Crippen LogP contribution is -2.26. The van der Waals surface area contributed by atoms with E-state index in [0.717, 1.165) is 0 Å². The van der Waals surface area contributed by atoms with E-state index in [2.05, 4.69) is 10.3 Å². The first kappa shape index (κ1) is 21.6. The molecule has 1 amide bonds. The quantitative estimate of drug-likeness (QED) is 0.333. The van der Waals surface area contributed by atoms with Gasteiger partial charge in [0.2, 0.25) is 5.91 Å². The van der Waals surface area contributed by atoms with Crippen molar-refractivity contribution in [3.8, 4) is 11.8 Å². The first-order chi connectivity index (χ1) is 15.5. The van der Waals surface area contributed by atoms with E-state index in [1.165, 1.54) is 16.3 Å².